The van der Waals surface area contributed by atoms with Crippen LogP contribution in [-0.4, -0.2) is 12.6 Å². The Hall–Kier alpha value is -1.60. The van der Waals surface area contributed by atoms with E-state index in [1.807, 2.05) is 0 Å². The number of hydrogen-bond acceptors (Lipinski definition) is 1. The molecular formula is C20H25N. The van der Waals surface area contributed by atoms with Crippen molar-refractivity contribution in [2.75, 3.05) is 6.54 Å². The van der Waals surface area contributed by atoms with Crippen LogP contribution in [0.4, 0.5) is 0 Å². The fourth-order valence-electron chi connectivity index (χ4n) is 3.46. The molecule has 1 aliphatic carbocycles. The normalized spacial score (nSPS) is 22.0. The lowest BCUT2D eigenvalue weighted by atomic mass is 9.96. The van der Waals surface area contributed by atoms with Gasteiger partial charge in [-0.1, -0.05) is 61.5 Å². The first-order valence-electron chi connectivity index (χ1n) is 8.12. The third kappa shape index (κ3) is 3.36. The van der Waals surface area contributed by atoms with Crippen LogP contribution in [0.3, 0.4) is 0 Å². The van der Waals surface area contributed by atoms with E-state index in [2.05, 4.69) is 73.8 Å². The third-order valence-corrected chi connectivity index (χ3v) is 4.75. The minimum atomic E-state index is 0.598. The van der Waals surface area contributed by atoms with E-state index in [9.17, 15) is 0 Å². The van der Waals surface area contributed by atoms with E-state index in [0.717, 1.165) is 24.8 Å². The molecule has 3 unspecified atom stereocenters. The molecule has 2 aromatic rings. The van der Waals surface area contributed by atoms with Gasteiger partial charge in [0.25, 0.3) is 0 Å². The Kier molecular flexibility index (Phi) is 4.40. The maximum absolute atomic E-state index is 3.72. The number of aryl methyl sites for hydroxylation is 1. The van der Waals surface area contributed by atoms with Crippen molar-refractivity contribution < 1.29 is 0 Å². The molecule has 0 spiro atoms. The maximum Gasteiger partial charge on any atom is 0.0142 e. The van der Waals surface area contributed by atoms with E-state index in [1.165, 1.54) is 23.1 Å². The zero-order chi connectivity index (χ0) is 14.7. The van der Waals surface area contributed by atoms with Gasteiger partial charge in [0.05, 0.1) is 0 Å². The fraction of sp³-hybridized carbons (Fsp3) is 0.400. The Labute approximate surface area is 128 Å². The van der Waals surface area contributed by atoms with Crippen LogP contribution in [-0.2, 0) is 6.42 Å². The molecule has 1 nitrogen and oxygen atoms in total. The minimum Gasteiger partial charge on any atom is -0.314 e. The molecule has 0 heterocycles. The Balaban J connectivity index is 1.70. The van der Waals surface area contributed by atoms with Gasteiger partial charge in [0.2, 0.25) is 0 Å². The van der Waals surface area contributed by atoms with E-state index in [-0.39, 0.29) is 0 Å². The third-order valence-electron chi connectivity index (χ3n) is 4.75. The number of benzene rings is 2. The molecule has 21 heavy (non-hydrogen) atoms. The summed E-state index contributed by atoms with van der Waals surface area (Å²) in [7, 11) is 0. The Morgan fingerprint density at radius 1 is 1.05 bits per heavy atom. The van der Waals surface area contributed by atoms with Gasteiger partial charge in [-0.3, -0.25) is 0 Å². The molecule has 1 heteroatoms. The molecule has 0 amide bonds. The molecule has 1 aliphatic rings. The summed E-state index contributed by atoms with van der Waals surface area (Å²) in [6, 6.07) is 20.4. The second-order valence-electron chi connectivity index (χ2n) is 6.21. The first-order valence-corrected chi connectivity index (χ1v) is 8.12. The van der Waals surface area contributed by atoms with Crippen LogP contribution in [0.25, 0.3) is 0 Å². The fourth-order valence-corrected chi connectivity index (χ4v) is 3.46. The summed E-state index contributed by atoms with van der Waals surface area (Å²) in [6.45, 7) is 5.49. The van der Waals surface area contributed by atoms with Crippen molar-refractivity contribution >= 4 is 0 Å². The summed E-state index contributed by atoms with van der Waals surface area (Å²) in [5.41, 5.74) is 4.41. The zero-order valence-corrected chi connectivity index (χ0v) is 13.0. The van der Waals surface area contributed by atoms with Crippen LogP contribution in [0.15, 0.2) is 54.6 Å². The molecule has 2 aromatic carbocycles. The Morgan fingerprint density at radius 3 is 2.48 bits per heavy atom. The molecule has 0 saturated heterocycles. The lowest BCUT2D eigenvalue weighted by molar-refractivity contribution is 0.464. The molecule has 3 rings (SSSR count). The maximum atomic E-state index is 3.72. The van der Waals surface area contributed by atoms with Crippen molar-refractivity contribution in [2.24, 2.45) is 5.92 Å². The summed E-state index contributed by atoms with van der Waals surface area (Å²) in [4.78, 5) is 0. The molecule has 110 valence electrons. The van der Waals surface area contributed by atoms with Crippen molar-refractivity contribution in [3.8, 4) is 0 Å². The molecule has 0 radical (unpaired) electrons. The van der Waals surface area contributed by atoms with Gasteiger partial charge in [-0.2, -0.15) is 0 Å². The van der Waals surface area contributed by atoms with Crippen LogP contribution in [0, 0.1) is 12.8 Å². The van der Waals surface area contributed by atoms with Crippen LogP contribution < -0.4 is 5.32 Å². The van der Waals surface area contributed by atoms with Crippen molar-refractivity contribution in [1.29, 1.82) is 0 Å². The van der Waals surface area contributed by atoms with Gasteiger partial charge in [0.15, 0.2) is 0 Å². The lowest BCUT2D eigenvalue weighted by Gasteiger charge is -2.19. The van der Waals surface area contributed by atoms with Gasteiger partial charge in [-0.15, -0.1) is 0 Å². The highest BCUT2D eigenvalue weighted by atomic mass is 14.9. The quantitative estimate of drug-likeness (QED) is 0.830. The lowest BCUT2D eigenvalue weighted by Crippen LogP contribution is -2.33. The number of rotatable bonds is 6. The molecular weight excluding hydrogens is 254 g/mol. The van der Waals surface area contributed by atoms with E-state index < -0.39 is 0 Å². The average Bonchev–Trinajstić information content (AvgIpc) is 3.30. The highest BCUT2D eigenvalue weighted by molar-refractivity contribution is 5.30. The second kappa shape index (κ2) is 6.44. The van der Waals surface area contributed by atoms with Crippen LogP contribution >= 0.6 is 0 Å². The van der Waals surface area contributed by atoms with Crippen molar-refractivity contribution in [2.45, 2.75) is 38.6 Å². The predicted octanol–water partition coefficient (Wildman–Crippen LogP) is 4.32. The number of hydrogen-bond donors (Lipinski definition) is 1. The van der Waals surface area contributed by atoms with E-state index >= 15 is 0 Å². The average molecular weight is 279 g/mol. The van der Waals surface area contributed by atoms with Gasteiger partial charge < -0.3 is 5.32 Å². The summed E-state index contributed by atoms with van der Waals surface area (Å²) < 4.78 is 0. The zero-order valence-electron chi connectivity index (χ0n) is 13.0. The SMILES string of the molecule is CCNC(Cc1ccccc1C)C1CC1c1ccccc1. The van der Waals surface area contributed by atoms with Crippen molar-refractivity contribution in [3.05, 3.63) is 71.3 Å². The monoisotopic (exact) mass is 279 g/mol. The predicted molar refractivity (Wildman–Crippen MR) is 89.6 cm³/mol. The topological polar surface area (TPSA) is 12.0 Å². The largest absolute Gasteiger partial charge is 0.314 e. The molecule has 3 atom stereocenters. The van der Waals surface area contributed by atoms with Gasteiger partial charge >= 0.3 is 0 Å². The molecule has 0 bridgehead atoms. The molecule has 1 N–H and O–H groups in total. The summed E-state index contributed by atoms with van der Waals surface area (Å²) >= 11 is 0. The van der Waals surface area contributed by atoms with Gasteiger partial charge in [0.1, 0.15) is 0 Å². The minimum absolute atomic E-state index is 0.598. The Bertz CT molecular complexity index is 575. The number of nitrogens with one attached hydrogen (secondary N) is 1. The number of likely N-dealkylation sites (N-methyl/N-ethyl adjacent to an activating group) is 1. The summed E-state index contributed by atoms with van der Waals surface area (Å²) in [6.07, 6.45) is 2.47. The van der Waals surface area contributed by atoms with Gasteiger partial charge in [-0.25, -0.2) is 0 Å². The van der Waals surface area contributed by atoms with Gasteiger partial charge in [-0.05, 0) is 54.8 Å². The first-order chi connectivity index (χ1) is 10.3. The van der Waals surface area contributed by atoms with E-state index in [4.69, 9.17) is 0 Å². The van der Waals surface area contributed by atoms with Crippen LogP contribution in [0.5, 0.6) is 0 Å². The molecule has 0 aromatic heterocycles. The molecule has 0 aliphatic heterocycles. The van der Waals surface area contributed by atoms with Crippen LogP contribution in [0.2, 0.25) is 0 Å². The first kappa shape index (κ1) is 14.3. The summed E-state index contributed by atoms with van der Waals surface area (Å²) in [5, 5.41) is 3.72. The second-order valence-corrected chi connectivity index (χ2v) is 6.21. The molecule has 1 saturated carbocycles. The van der Waals surface area contributed by atoms with E-state index in [0.29, 0.717) is 6.04 Å². The summed E-state index contributed by atoms with van der Waals surface area (Å²) in [5.74, 6) is 1.53. The molecule has 1 fully saturated rings. The smallest absolute Gasteiger partial charge is 0.0142 e. The van der Waals surface area contributed by atoms with Crippen molar-refractivity contribution in [1.82, 2.24) is 5.32 Å². The van der Waals surface area contributed by atoms with Gasteiger partial charge in [0, 0.05) is 6.04 Å². The highest BCUT2D eigenvalue weighted by Gasteiger charge is 2.43. The highest BCUT2D eigenvalue weighted by Crippen LogP contribution is 2.50. The standard InChI is InChI=1S/C20H25N/c1-3-21-20(13-17-12-8-7-9-15(17)2)19-14-18(19)16-10-5-4-6-11-16/h4-12,18-21H,3,13-14H2,1-2H3. The Morgan fingerprint density at radius 2 is 1.76 bits per heavy atom. The van der Waals surface area contributed by atoms with E-state index in [1.54, 1.807) is 0 Å². The van der Waals surface area contributed by atoms with Crippen LogP contribution in [0.1, 0.15) is 36.0 Å². The van der Waals surface area contributed by atoms with Crippen molar-refractivity contribution in [3.63, 3.8) is 0 Å².